The smallest absolute Gasteiger partial charge is 0.0978 e. The summed E-state index contributed by atoms with van der Waals surface area (Å²) in [5.41, 5.74) is 3.51. The normalized spacial score (nSPS) is 10.4. The van der Waals surface area contributed by atoms with E-state index in [0.29, 0.717) is 6.04 Å². The lowest BCUT2D eigenvalue weighted by atomic mass is 9.86. The van der Waals surface area contributed by atoms with Gasteiger partial charge in [-0.3, -0.25) is 4.99 Å². The number of hydrogen-bond donors (Lipinski definition) is 1. The SMILES string of the molecule is C=C(NC(C)=NC(C)C)c1ccc(C(C)(C)C)cc1.CC.CC.CCC. The quantitative estimate of drug-likeness (QED) is 0.430. The topological polar surface area (TPSA) is 24.4 Å². The fourth-order valence-electron chi connectivity index (χ4n) is 1.88. The van der Waals surface area contributed by atoms with Gasteiger partial charge in [0.15, 0.2) is 0 Å². The van der Waals surface area contributed by atoms with Gasteiger partial charge in [-0.2, -0.15) is 0 Å². The molecule has 0 spiro atoms. The highest BCUT2D eigenvalue weighted by Crippen LogP contribution is 2.23. The standard InChI is InChI=1S/C17H26N2.C3H8.2C2H6/c1-12(2)18-14(4)19-13(3)15-8-10-16(11-9-15)17(5,6)7;1-3-2;2*1-2/h8-12H,3H2,1-2,4-7H3,(H,18,19);3H2,1-2H3;2*1-2H3. The van der Waals surface area contributed by atoms with Crippen molar-refractivity contribution in [2.24, 2.45) is 4.99 Å². The van der Waals surface area contributed by atoms with E-state index in [1.807, 2.05) is 34.6 Å². The Bertz CT molecular complexity index is 474. The van der Waals surface area contributed by atoms with E-state index in [9.17, 15) is 0 Å². The van der Waals surface area contributed by atoms with Crippen molar-refractivity contribution in [3.8, 4) is 0 Å². The molecule has 0 aliphatic carbocycles. The summed E-state index contributed by atoms with van der Waals surface area (Å²) in [6, 6.07) is 8.84. The Balaban J connectivity index is -0.000000663. The predicted octanol–water partition coefficient (Wildman–Crippen LogP) is 7.84. The number of rotatable bonds is 3. The molecule has 0 radical (unpaired) electrons. The fourth-order valence-corrected chi connectivity index (χ4v) is 1.88. The van der Waals surface area contributed by atoms with Crippen LogP contribution in [-0.4, -0.2) is 11.9 Å². The molecule has 0 bridgehead atoms. The average Bonchev–Trinajstić information content (AvgIpc) is 2.57. The van der Waals surface area contributed by atoms with E-state index in [1.165, 1.54) is 12.0 Å². The van der Waals surface area contributed by atoms with E-state index in [-0.39, 0.29) is 5.41 Å². The predicted molar refractivity (Wildman–Crippen MR) is 124 cm³/mol. The molecule has 0 fully saturated rings. The molecule has 1 aromatic carbocycles. The van der Waals surface area contributed by atoms with E-state index in [1.54, 1.807) is 0 Å². The van der Waals surface area contributed by atoms with Gasteiger partial charge in [0, 0.05) is 11.7 Å². The van der Waals surface area contributed by atoms with Crippen molar-refractivity contribution in [2.45, 2.75) is 101 Å². The summed E-state index contributed by atoms with van der Waals surface area (Å²) in [5, 5.41) is 3.24. The van der Waals surface area contributed by atoms with Gasteiger partial charge in [-0.1, -0.05) is 99.6 Å². The van der Waals surface area contributed by atoms with Gasteiger partial charge < -0.3 is 5.32 Å². The summed E-state index contributed by atoms with van der Waals surface area (Å²) in [6.07, 6.45) is 1.25. The van der Waals surface area contributed by atoms with Gasteiger partial charge in [0.25, 0.3) is 0 Å². The summed E-state index contributed by atoms with van der Waals surface area (Å²) in [5.74, 6) is 0.903. The summed E-state index contributed by atoms with van der Waals surface area (Å²) < 4.78 is 0. The lowest BCUT2D eigenvalue weighted by Crippen LogP contribution is -2.19. The lowest BCUT2D eigenvalue weighted by molar-refractivity contribution is 0.590. The minimum absolute atomic E-state index is 0.183. The van der Waals surface area contributed by atoms with Gasteiger partial charge in [-0.05, 0) is 37.3 Å². The van der Waals surface area contributed by atoms with Crippen LogP contribution in [0.25, 0.3) is 5.70 Å². The Hall–Kier alpha value is -1.57. The Morgan fingerprint density at radius 3 is 1.69 bits per heavy atom. The molecule has 2 nitrogen and oxygen atoms in total. The van der Waals surface area contributed by atoms with Crippen molar-refractivity contribution in [3.63, 3.8) is 0 Å². The molecule has 0 aliphatic rings. The second kappa shape index (κ2) is 16.9. The highest BCUT2D eigenvalue weighted by atomic mass is 15.0. The Morgan fingerprint density at radius 1 is 1.00 bits per heavy atom. The molecule has 26 heavy (non-hydrogen) atoms. The van der Waals surface area contributed by atoms with E-state index >= 15 is 0 Å². The Labute approximate surface area is 165 Å². The molecule has 0 unspecified atom stereocenters. The first kappa shape index (κ1) is 29.2. The third-order valence-corrected chi connectivity index (χ3v) is 2.88. The molecule has 1 aromatic rings. The largest absolute Gasteiger partial charge is 0.344 e. The van der Waals surface area contributed by atoms with Crippen molar-refractivity contribution in [2.75, 3.05) is 0 Å². The molecule has 0 saturated heterocycles. The third kappa shape index (κ3) is 14.7. The zero-order valence-electron chi connectivity index (χ0n) is 19.7. The van der Waals surface area contributed by atoms with Crippen molar-refractivity contribution >= 4 is 11.5 Å². The maximum absolute atomic E-state index is 4.44. The van der Waals surface area contributed by atoms with Crippen molar-refractivity contribution in [1.29, 1.82) is 0 Å². The second-order valence-corrected chi connectivity index (χ2v) is 6.95. The van der Waals surface area contributed by atoms with Crippen LogP contribution >= 0.6 is 0 Å². The van der Waals surface area contributed by atoms with Crippen LogP contribution in [0.2, 0.25) is 0 Å². The monoisotopic (exact) mass is 362 g/mol. The Kier molecular flexibility index (Phi) is 19.0. The molecule has 1 rings (SSSR count). The lowest BCUT2D eigenvalue weighted by Gasteiger charge is -2.19. The number of nitrogens with one attached hydrogen (secondary N) is 1. The van der Waals surface area contributed by atoms with E-state index in [4.69, 9.17) is 0 Å². The minimum Gasteiger partial charge on any atom is -0.344 e. The minimum atomic E-state index is 0.183. The average molecular weight is 363 g/mol. The number of aliphatic imine (C=N–C) groups is 1. The maximum Gasteiger partial charge on any atom is 0.0978 e. The van der Waals surface area contributed by atoms with Gasteiger partial charge in [0.1, 0.15) is 0 Å². The highest BCUT2D eigenvalue weighted by molar-refractivity contribution is 5.88. The Morgan fingerprint density at radius 2 is 1.38 bits per heavy atom. The molecule has 0 amide bonds. The number of amidine groups is 1. The molecule has 0 atom stereocenters. The summed E-state index contributed by atoms with van der Waals surface area (Å²) in [7, 11) is 0. The zero-order chi connectivity index (χ0) is 21.3. The van der Waals surface area contributed by atoms with Crippen LogP contribution in [0.3, 0.4) is 0 Å². The summed E-state index contributed by atoms with van der Waals surface area (Å²) in [6.45, 7) is 29.1. The van der Waals surface area contributed by atoms with Crippen LogP contribution in [0.5, 0.6) is 0 Å². The number of benzene rings is 1. The first-order chi connectivity index (χ1) is 12.1. The first-order valence-corrected chi connectivity index (χ1v) is 10.2. The zero-order valence-corrected chi connectivity index (χ0v) is 19.7. The van der Waals surface area contributed by atoms with E-state index in [2.05, 4.69) is 89.6 Å². The van der Waals surface area contributed by atoms with E-state index < -0.39 is 0 Å². The molecule has 152 valence electrons. The van der Waals surface area contributed by atoms with Gasteiger partial charge in [0.05, 0.1) is 5.84 Å². The van der Waals surface area contributed by atoms with Crippen molar-refractivity contribution in [3.05, 3.63) is 42.0 Å². The van der Waals surface area contributed by atoms with Crippen LogP contribution in [0.15, 0.2) is 35.8 Å². The molecule has 0 saturated carbocycles. The van der Waals surface area contributed by atoms with Crippen LogP contribution in [0, 0.1) is 0 Å². The van der Waals surface area contributed by atoms with E-state index in [0.717, 1.165) is 17.1 Å². The van der Waals surface area contributed by atoms with Crippen LogP contribution in [0.4, 0.5) is 0 Å². The van der Waals surface area contributed by atoms with Crippen molar-refractivity contribution in [1.82, 2.24) is 5.32 Å². The number of hydrogen-bond acceptors (Lipinski definition) is 1. The third-order valence-electron chi connectivity index (χ3n) is 2.88. The summed E-state index contributed by atoms with van der Waals surface area (Å²) >= 11 is 0. The molecule has 0 aromatic heterocycles. The first-order valence-electron chi connectivity index (χ1n) is 10.2. The second-order valence-electron chi connectivity index (χ2n) is 6.95. The van der Waals surface area contributed by atoms with Gasteiger partial charge in [-0.15, -0.1) is 0 Å². The molecule has 1 N–H and O–H groups in total. The van der Waals surface area contributed by atoms with Gasteiger partial charge in [-0.25, -0.2) is 0 Å². The highest BCUT2D eigenvalue weighted by Gasteiger charge is 2.13. The molecular weight excluding hydrogens is 316 g/mol. The van der Waals surface area contributed by atoms with Crippen molar-refractivity contribution < 1.29 is 0 Å². The fraction of sp³-hybridized carbons (Fsp3) is 0.625. The van der Waals surface area contributed by atoms with Gasteiger partial charge in [0.2, 0.25) is 0 Å². The number of nitrogens with zero attached hydrogens (tertiary/aromatic N) is 1. The van der Waals surface area contributed by atoms with Crippen LogP contribution in [0.1, 0.15) is 101 Å². The molecule has 0 heterocycles. The van der Waals surface area contributed by atoms with Gasteiger partial charge >= 0.3 is 0 Å². The molecule has 0 aliphatic heterocycles. The molecule has 2 heteroatoms. The van der Waals surface area contributed by atoms with Crippen LogP contribution in [-0.2, 0) is 5.41 Å². The maximum atomic E-state index is 4.44. The summed E-state index contributed by atoms with van der Waals surface area (Å²) in [4.78, 5) is 4.44. The van der Waals surface area contributed by atoms with Crippen LogP contribution < -0.4 is 5.32 Å². The molecular formula is C24H46N2.